The van der Waals surface area contributed by atoms with Crippen LogP contribution in [-0.2, 0) is 15.0 Å². The first-order valence-corrected chi connectivity index (χ1v) is 6.83. The third kappa shape index (κ3) is 2.31. The van der Waals surface area contributed by atoms with Crippen LogP contribution in [0.3, 0.4) is 0 Å². The van der Waals surface area contributed by atoms with Gasteiger partial charge in [-0.1, -0.05) is 27.5 Å². The van der Waals surface area contributed by atoms with Crippen molar-refractivity contribution in [3.05, 3.63) is 33.3 Å². The Balaban J connectivity index is 2.51. The van der Waals surface area contributed by atoms with Crippen molar-refractivity contribution >= 4 is 39.3 Å². The summed E-state index contributed by atoms with van der Waals surface area (Å²) in [6.45, 7) is 0. The summed E-state index contributed by atoms with van der Waals surface area (Å²) in [7, 11) is 0. The van der Waals surface area contributed by atoms with Gasteiger partial charge in [0.15, 0.2) is 0 Å². The fraction of sp³-hybridized carbons (Fsp3) is 0.385. The van der Waals surface area contributed by atoms with E-state index in [2.05, 4.69) is 15.9 Å². The van der Waals surface area contributed by atoms with Crippen molar-refractivity contribution < 1.29 is 14.7 Å². The van der Waals surface area contributed by atoms with E-state index in [1.807, 2.05) is 0 Å². The topological polar surface area (TPSA) is 54.4 Å². The fourth-order valence-electron chi connectivity index (χ4n) is 2.42. The molecule has 3 nitrogen and oxygen atoms in total. The molecule has 1 aromatic rings. The second-order valence-electron chi connectivity index (χ2n) is 4.55. The van der Waals surface area contributed by atoms with Gasteiger partial charge in [0.25, 0.3) is 0 Å². The second-order valence-corrected chi connectivity index (χ2v) is 5.84. The minimum atomic E-state index is -1.00. The molecule has 18 heavy (non-hydrogen) atoms. The molecule has 1 aliphatic rings. The number of carbonyl (C=O) groups is 2. The van der Waals surface area contributed by atoms with Crippen LogP contribution < -0.4 is 0 Å². The number of carboxylic acid groups (broad SMARTS) is 1. The van der Waals surface area contributed by atoms with Crippen LogP contribution >= 0.6 is 27.5 Å². The minimum absolute atomic E-state index is 0.130. The highest BCUT2D eigenvalue weighted by atomic mass is 79.9. The summed E-state index contributed by atoms with van der Waals surface area (Å²) in [5, 5.41) is 10.1. The SMILES string of the molecule is O=C1CCC(C(=O)O)(c2cc(Cl)ccc2Br)CC1. The molecule has 0 aliphatic heterocycles. The van der Waals surface area contributed by atoms with Gasteiger partial charge in [-0.3, -0.25) is 9.59 Å². The van der Waals surface area contributed by atoms with Gasteiger partial charge in [0.2, 0.25) is 0 Å². The fourth-order valence-corrected chi connectivity index (χ4v) is 3.22. The molecule has 0 bridgehead atoms. The molecule has 1 aromatic carbocycles. The van der Waals surface area contributed by atoms with E-state index < -0.39 is 11.4 Å². The summed E-state index contributed by atoms with van der Waals surface area (Å²) in [4.78, 5) is 23.0. The molecular weight excluding hydrogens is 319 g/mol. The number of aliphatic carboxylic acids is 1. The molecule has 1 aliphatic carbocycles. The van der Waals surface area contributed by atoms with Gasteiger partial charge >= 0.3 is 5.97 Å². The van der Waals surface area contributed by atoms with Crippen LogP contribution in [0.4, 0.5) is 0 Å². The zero-order valence-electron chi connectivity index (χ0n) is 9.58. The molecule has 1 fully saturated rings. The summed E-state index contributed by atoms with van der Waals surface area (Å²) in [5.74, 6) is -0.761. The molecule has 1 N–H and O–H groups in total. The Morgan fingerprint density at radius 2 is 1.94 bits per heavy atom. The molecule has 0 heterocycles. The number of Topliss-reactive ketones (excluding diaryl/α,β-unsaturated/α-hetero) is 1. The Morgan fingerprint density at radius 3 is 2.50 bits per heavy atom. The standard InChI is InChI=1S/C13H12BrClO3/c14-11-2-1-8(15)7-10(11)13(12(17)18)5-3-9(16)4-6-13/h1-2,7H,3-6H2,(H,17,18). The Hall–Kier alpha value is -0.870. The van der Waals surface area contributed by atoms with E-state index in [1.165, 1.54) is 0 Å². The number of hydrogen-bond acceptors (Lipinski definition) is 2. The maximum atomic E-state index is 11.7. The van der Waals surface area contributed by atoms with Crippen LogP contribution in [0.5, 0.6) is 0 Å². The van der Waals surface area contributed by atoms with E-state index in [0.717, 1.165) is 4.47 Å². The summed E-state index contributed by atoms with van der Waals surface area (Å²) in [6.07, 6.45) is 1.29. The van der Waals surface area contributed by atoms with Crippen molar-refractivity contribution in [3.8, 4) is 0 Å². The second kappa shape index (κ2) is 5.02. The average molecular weight is 332 g/mol. The van der Waals surface area contributed by atoms with Crippen LogP contribution in [-0.4, -0.2) is 16.9 Å². The van der Waals surface area contributed by atoms with Gasteiger partial charge in [-0.2, -0.15) is 0 Å². The highest BCUT2D eigenvalue weighted by molar-refractivity contribution is 9.10. The Kier molecular flexibility index (Phi) is 3.78. The molecule has 0 amide bonds. The average Bonchev–Trinajstić information content (AvgIpc) is 2.33. The van der Waals surface area contributed by atoms with E-state index in [4.69, 9.17) is 11.6 Å². The Morgan fingerprint density at radius 1 is 1.33 bits per heavy atom. The Labute approximate surface area is 118 Å². The van der Waals surface area contributed by atoms with Gasteiger partial charge in [-0.15, -0.1) is 0 Å². The molecule has 0 aromatic heterocycles. The molecule has 0 atom stereocenters. The van der Waals surface area contributed by atoms with Gasteiger partial charge in [-0.25, -0.2) is 0 Å². The molecule has 2 rings (SSSR count). The highest BCUT2D eigenvalue weighted by Crippen LogP contribution is 2.42. The molecule has 0 spiro atoms. The van der Waals surface area contributed by atoms with Crippen molar-refractivity contribution in [3.63, 3.8) is 0 Å². The van der Waals surface area contributed by atoms with Crippen LogP contribution in [0.1, 0.15) is 31.2 Å². The van der Waals surface area contributed by atoms with Crippen LogP contribution in [0.2, 0.25) is 5.02 Å². The molecule has 0 radical (unpaired) electrons. The quantitative estimate of drug-likeness (QED) is 0.901. The number of ketones is 1. The van der Waals surface area contributed by atoms with Crippen LogP contribution in [0.25, 0.3) is 0 Å². The third-order valence-electron chi connectivity index (χ3n) is 3.51. The van der Waals surface area contributed by atoms with Crippen molar-refractivity contribution in [1.82, 2.24) is 0 Å². The zero-order chi connectivity index (χ0) is 13.3. The normalized spacial score (nSPS) is 18.7. The summed E-state index contributed by atoms with van der Waals surface area (Å²) >= 11 is 9.33. The maximum Gasteiger partial charge on any atom is 0.314 e. The van der Waals surface area contributed by atoms with Gasteiger partial charge in [-0.05, 0) is 36.6 Å². The van der Waals surface area contributed by atoms with Crippen molar-refractivity contribution in [2.24, 2.45) is 0 Å². The number of carbonyl (C=O) groups excluding carboxylic acids is 1. The van der Waals surface area contributed by atoms with Crippen molar-refractivity contribution in [2.75, 3.05) is 0 Å². The summed E-state index contributed by atoms with van der Waals surface area (Å²) < 4.78 is 0.726. The zero-order valence-corrected chi connectivity index (χ0v) is 11.9. The molecular formula is C13H12BrClO3. The molecule has 0 unspecified atom stereocenters. The number of carboxylic acids is 1. The third-order valence-corrected chi connectivity index (χ3v) is 4.44. The number of rotatable bonds is 2. The first-order valence-electron chi connectivity index (χ1n) is 5.66. The van der Waals surface area contributed by atoms with Crippen LogP contribution in [0, 0.1) is 0 Å². The van der Waals surface area contributed by atoms with Crippen LogP contribution in [0.15, 0.2) is 22.7 Å². The molecule has 96 valence electrons. The lowest BCUT2D eigenvalue weighted by Gasteiger charge is -2.33. The lowest BCUT2D eigenvalue weighted by molar-refractivity contribution is -0.146. The first kappa shape index (κ1) is 13.6. The molecule has 5 heteroatoms. The monoisotopic (exact) mass is 330 g/mol. The van der Waals surface area contributed by atoms with Gasteiger partial charge < -0.3 is 5.11 Å². The van der Waals surface area contributed by atoms with Gasteiger partial charge in [0.05, 0.1) is 5.41 Å². The lowest BCUT2D eigenvalue weighted by Crippen LogP contribution is -2.40. The van der Waals surface area contributed by atoms with E-state index >= 15 is 0 Å². The summed E-state index contributed by atoms with van der Waals surface area (Å²) in [6, 6.07) is 5.13. The van der Waals surface area contributed by atoms with Gasteiger partial charge in [0.1, 0.15) is 5.78 Å². The van der Waals surface area contributed by atoms with E-state index in [0.29, 0.717) is 36.3 Å². The smallest absolute Gasteiger partial charge is 0.314 e. The number of hydrogen-bond donors (Lipinski definition) is 1. The van der Waals surface area contributed by atoms with Gasteiger partial charge in [0, 0.05) is 22.3 Å². The predicted molar refractivity (Wildman–Crippen MR) is 71.9 cm³/mol. The summed E-state index contributed by atoms with van der Waals surface area (Å²) in [5.41, 5.74) is -0.340. The van der Waals surface area contributed by atoms with Crippen molar-refractivity contribution in [1.29, 1.82) is 0 Å². The van der Waals surface area contributed by atoms with E-state index in [9.17, 15) is 14.7 Å². The van der Waals surface area contributed by atoms with E-state index in [-0.39, 0.29) is 5.78 Å². The minimum Gasteiger partial charge on any atom is -0.481 e. The van der Waals surface area contributed by atoms with E-state index in [1.54, 1.807) is 18.2 Å². The highest BCUT2D eigenvalue weighted by Gasteiger charge is 2.44. The number of halogens is 2. The largest absolute Gasteiger partial charge is 0.481 e. The first-order chi connectivity index (χ1) is 8.45. The lowest BCUT2D eigenvalue weighted by atomic mass is 9.69. The predicted octanol–water partition coefficient (Wildman–Crippen LogP) is 3.57. The molecule has 1 saturated carbocycles. The maximum absolute atomic E-state index is 11.7. The van der Waals surface area contributed by atoms with Crippen molar-refractivity contribution in [2.45, 2.75) is 31.1 Å². The molecule has 0 saturated heterocycles. The number of benzene rings is 1. The Bertz CT molecular complexity index is 503.